The normalized spacial score (nSPS) is 10.7. The molecule has 0 radical (unpaired) electrons. The van der Waals surface area contributed by atoms with Crippen LogP contribution < -0.4 is 4.74 Å². The molecule has 0 saturated heterocycles. The maximum atomic E-state index is 5.39. The van der Waals surface area contributed by atoms with Gasteiger partial charge in [0, 0.05) is 35.5 Å². The van der Waals surface area contributed by atoms with Crippen molar-refractivity contribution in [3.05, 3.63) is 58.3 Å². The maximum absolute atomic E-state index is 5.39. The molecule has 0 spiro atoms. The Hall–Kier alpha value is -1.39. The van der Waals surface area contributed by atoms with Gasteiger partial charge in [0.15, 0.2) is 0 Å². The molecule has 4 heteroatoms. The first-order chi connectivity index (χ1) is 9.19. The first-order valence-electron chi connectivity index (χ1n) is 6.09. The van der Waals surface area contributed by atoms with Gasteiger partial charge < -0.3 is 4.74 Å². The van der Waals surface area contributed by atoms with E-state index in [9.17, 15) is 0 Å². The van der Waals surface area contributed by atoms with Gasteiger partial charge in [0.25, 0.3) is 0 Å². The van der Waals surface area contributed by atoms with Crippen LogP contribution in [-0.4, -0.2) is 24.0 Å². The zero-order valence-corrected chi connectivity index (χ0v) is 12.7. The highest BCUT2D eigenvalue weighted by Gasteiger charge is 2.07. The standard InChI is InChI=1S/C15H17BrN2O/c1-18(10-12-4-3-7-17-9-12)11-13-8-14(16)5-6-15(13)19-2/h3-9H,10-11H2,1-2H3. The van der Waals surface area contributed by atoms with Gasteiger partial charge in [-0.1, -0.05) is 22.0 Å². The van der Waals surface area contributed by atoms with Gasteiger partial charge in [-0.05, 0) is 36.9 Å². The molecular weight excluding hydrogens is 304 g/mol. The quantitative estimate of drug-likeness (QED) is 0.843. The lowest BCUT2D eigenvalue weighted by Crippen LogP contribution is -2.17. The van der Waals surface area contributed by atoms with E-state index in [1.165, 1.54) is 11.1 Å². The van der Waals surface area contributed by atoms with Gasteiger partial charge in [-0.15, -0.1) is 0 Å². The number of rotatable bonds is 5. The van der Waals surface area contributed by atoms with Gasteiger partial charge in [-0.25, -0.2) is 0 Å². The zero-order valence-electron chi connectivity index (χ0n) is 11.1. The molecule has 0 aliphatic carbocycles. The highest BCUT2D eigenvalue weighted by atomic mass is 79.9. The minimum Gasteiger partial charge on any atom is -0.496 e. The molecule has 1 aromatic heterocycles. The lowest BCUT2D eigenvalue weighted by Gasteiger charge is -2.18. The molecule has 0 amide bonds. The summed E-state index contributed by atoms with van der Waals surface area (Å²) in [5.74, 6) is 0.918. The lowest BCUT2D eigenvalue weighted by atomic mass is 10.2. The van der Waals surface area contributed by atoms with Crippen LogP contribution in [0.25, 0.3) is 0 Å². The highest BCUT2D eigenvalue weighted by molar-refractivity contribution is 9.10. The fourth-order valence-corrected chi connectivity index (χ4v) is 2.43. The van der Waals surface area contributed by atoms with Crippen molar-refractivity contribution in [1.82, 2.24) is 9.88 Å². The lowest BCUT2D eigenvalue weighted by molar-refractivity contribution is 0.309. The number of methoxy groups -OCH3 is 1. The summed E-state index contributed by atoms with van der Waals surface area (Å²) >= 11 is 3.50. The number of nitrogens with zero attached hydrogens (tertiary/aromatic N) is 2. The first kappa shape index (κ1) is 14.0. The predicted molar refractivity (Wildman–Crippen MR) is 80.1 cm³/mol. The molecular formula is C15H17BrN2O. The molecule has 0 saturated carbocycles. The summed E-state index contributed by atoms with van der Waals surface area (Å²) in [5.41, 5.74) is 2.38. The van der Waals surface area contributed by atoms with Crippen LogP contribution in [0, 0.1) is 0 Å². The van der Waals surface area contributed by atoms with Gasteiger partial charge in [0.2, 0.25) is 0 Å². The smallest absolute Gasteiger partial charge is 0.123 e. The van der Waals surface area contributed by atoms with Gasteiger partial charge in [-0.3, -0.25) is 9.88 Å². The van der Waals surface area contributed by atoms with E-state index in [0.29, 0.717) is 0 Å². The average Bonchev–Trinajstić information content (AvgIpc) is 2.40. The molecule has 0 atom stereocenters. The second-order valence-electron chi connectivity index (χ2n) is 4.49. The van der Waals surface area contributed by atoms with Crippen molar-refractivity contribution in [3.63, 3.8) is 0 Å². The summed E-state index contributed by atoms with van der Waals surface area (Å²) in [6.07, 6.45) is 3.69. The Morgan fingerprint density at radius 2 is 2.11 bits per heavy atom. The summed E-state index contributed by atoms with van der Waals surface area (Å²) in [4.78, 5) is 6.37. The van der Waals surface area contributed by atoms with Crippen LogP contribution in [0.5, 0.6) is 5.75 Å². The van der Waals surface area contributed by atoms with E-state index in [2.05, 4.69) is 45.0 Å². The molecule has 100 valence electrons. The van der Waals surface area contributed by atoms with Crippen LogP contribution in [0.3, 0.4) is 0 Å². The summed E-state index contributed by atoms with van der Waals surface area (Å²) in [5, 5.41) is 0. The van der Waals surface area contributed by atoms with Crippen LogP contribution in [0.1, 0.15) is 11.1 Å². The maximum Gasteiger partial charge on any atom is 0.123 e. The third-order valence-electron chi connectivity index (χ3n) is 2.86. The molecule has 0 aliphatic rings. The molecule has 1 aromatic carbocycles. The van der Waals surface area contributed by atoms with Crippen LogP contribution in [0.15, 0.2) is 47.2 Å². The summed E-state index contributed by atoms with van der Waals surface area (Å²) < 4.78 is 6.46. The Kier molecular flexibility index (Phi) is 4.93. The molecule has 0 N–H and O–H groups in total. The molecule has 3 nitrogen and oxygen atoms in total. The fraction of sp³-hybridized carbons (Fsp3) is 0.267. The van der Waals surface area contributed by atoms with Gasteiger partial charge in [0.1, 0.15) is 5.75 Å². The molecule has 0 unspecified atom stereocenters. The van der Waals surface area contributed by atoms with Crippen molar-refractivity contribution < 1.29 is 4.74 Å². The SMILES string of the molecule is COc1ccc(Br)cc1CN(C)Cc1cccnc1. The molecule has 0 fully saturated rings. The van der Waals surface area contributed by atoms with E-state index in [1.807, 2.05) is 24.4 Å². The van der Waals surface area contributed by atoms with Gasteiger partial charge >= 0.3 is 0 Å². The zero-order chi connectivity index (χ0) is 13.7. The second-order valence-corrected chi connectivity index (χ2v) is 5.41. The van der Waals surface area contributed by atoms with E-state index in [-0.39, 0.29) is 0 Å². The number of ether oxygens (including phenoxy) is 1. The van der Waals surface area contributed by atoms with E-state index in [1.54, 1.807) is 13.3 Å². The Morgan fingerprint density at radius 1 is 1.26 bits per heavy atom. The minimum atomic E-state index is 0.831. The largest absolute Gasteiger partial charge is 0.496 e. The number of benzene rings is 1. The minimum absolute atomic E-state index is 0.831. The number of halogens is 1. The van der Waals surface area contributed by atoms with E-state index in [4.69, 9.17) is 4.74 Å². The van der Waals surface area contributed by atoms with Crippen molar-refractivity contribution in [2.45, 2.75) is 13.1 Å². The number of hydrogen-bond donors (Lipinski definition) is 0. The molecule has 0 aliphatic heterocycles. The second kappa shape index (κ2) is 6.68. The molecule has 2 aromatic rings. The molecule has 0 bridgehead atoms. The van der Waals surface area contributed by atoms with Crippen molar-refractivity contribution in [2.24, 2.45) is 0 Å². The van der Waals surface area contributed by atoms with E-state index in [0.717, 1.165) is 23.3 Å². The van der Waals surface area contributed by atoms with Crippen LogP contribution in [0.2, 0.25) is 0 Å². The molecule has 1 heterocycles. The number of aromatic nitrogens is 1. The number of hydrogen-bond acceptors (Lipinski definition) is 3. The highest BCUT2D eigenvalue weighted by Crippen LogP contribution is 2.24. The summed E-state index contributed by atoms with van der Waals surface area (Å²) in [6, 6.07) is 10.1. The van der Waals surface area contributed by atoms with Crippen LogP contribution >= 0.6 is 15.9 Å². The summed E-state index contributed by atoms with van der Waals surface area (Å²) in [6.45, 7) is 1.70. The van der Waals surface area contributed by atoms with Crippen LogP contribution in [0.4, 0.5) is 0 Å². The Morgan fingerprint density at radius 3 is 2.79 bits per heavy atom. The summed E-state index contributed by atoms with van der Waals surface area (Å²) in [7, 11) is 3.79. The molecule has 19 heavy (non-hydrogen) atoms. The van der Waals surface area contributed by atoms with Gasteiger partial charge in [-0.2, -0.15) is 0 Å². The predicted octanol–water partition coefficient (Wildman–Crippen LogP) is 3.48. The number of pyridine rings is 1. The van der Waals surface area contributed by atoms with Crippen molar-refractivity contribution in [2.75, 3.05) is 14.2 Å². The Labute approximate surface area is 122 Å². The van der Waals surface area contributed by atoms with E-state index >= 15 is 0 Å². The van der Waals surface area contributed by atoms with Crippen LogP contribution in [-0.2, 0) is 13.1 Å². The first-order valence-corrected chi connectivity index (χ1v) is 6.88. The molecule has 2 rings (SSSR count). The Bertz CT molecular complexity index is 531. The monoisotopic (exact) mass is 320 g/mol. The van der Waals surface area contributed by atoms with Crippen molar-refractivity contribution in [1.29, 1.82) is 0 Å². The Balaban J connectivity index is 2.06. The van der Waals surface area contributed by atoms with E-state index < -0.39 is 0 Å². The topological polar surface area (TPSA) is 25.4 Å². The van der Waals surface area contributed by atoms with Crippen molar-refractivity contribution >= 4 is 15.9 Å². The third-order valence-corrected chi connectivity index (χ3v) is 3.35. The third kappa shape index (κ3) is 4.04. The van der Waals surface area contributed by atoms with Gasteiger partial charge in [0.05, 0.1) is 7.11 Å². The average molecular weight is 321 g/mol. The van der Waals surface area contributed by atoms with Crippen molar-refractivity contribution in [3.8, 4) is 5.75 Å². The fourth-order valence-electron chi connectivity index (χ4n) is 2.02.